The Hall–Kier alpha value is -2.43. The number of benzene rings is 1. The van der Waals surface area contributed by atoms with E-state index in [-0.39, 0.29) is 6.61 Å². The van der Waals surface area contributed by atoms with Gasteiger partial charge in [0.15, 0.2) is 12.4 Å². The second-order valence-electron chi connectivity index (χ2n) is 3.81. The number of hydrogen-bond acceptors (Lipinski definition) is 5. The van der Waals surface area contributed by atoms with Crippen LogP contribution < -0.4 is 5.73 Å². The maximum absolute atomic E-state index is 11.7. The molecular formula is C13H13N3O2. The number of ether oxygens (including phenoxy) is 1. The van der Waals surface area contributed by atoms with Crippen molar-refractivity contribution >= 4 is 11.7 Å². The molecule has 1 aromatic carbocycles. The van der Waals surface area contributed by atoms with E-state index in [1.54, 1.807) is 36.7 Å². The van der Waals surface area contributed by atoms with E-state index in [1.807, 2.05) is 6.92 Å². The number of nitrogens with two attached hydrogens (primary N) is 1. The molecule has 0 unspecified atom stereocenters. The molecule has 0 saturated heterocycles. The van der Waals surface area contributed by atoms with Gasteiger partial charge in [0, 0.05) is 18.1 Å². The Morgan fingerprint density at radius 3 is 2.72 bits per heavy atom. The van der Waals surface area contributed by atoms with Gasteiger partial charge in [-0.3, -0.25) is 0 Å². The Kier molecular flexibility index (Phi) is 3.52. The van der Waals surface area contributed by atoms with E-state index in [0.717, 1.165) is 5.56 Å². The van der Waals surface area contributed by atoms with E-state index in [9.17, 15) is 4.79 Å². The molecule has 0 aliphatic heterocycles. The van der Waals surface area contributed by atoms with E-state index >= 15 is 0 Å². The van der Waals surface area contributed by atoms with Crippen LogP contribution in [0, 0.1) is 6.92 Å². The number of aryl methyl sites for hydroxylation is 1. The molecule has 5 nitrogen and oxygen atoms in total. The minimum Gasteiger partial charge on any atom is -0.454 e. The second kappa shape index (κ2) is 5.27. The highest BCUT2D eigenvalue weighted by molar-refractivity contribution is 5.90. The van der Waals surface area contributed by atoms with E-state index < -0.39 is 5.97 Å². The van der Waals surface area contributed by atoms with Gasteiger partial charge in [0.2, 0.25) is 0 Å². The largest absolute Gasteiger partial charge is 0.454 e. The number of nitrogens with zero attached hydrogens (tertiary/aromatic N) is 2. The lowest BCUT2D eigenvalue weighted by molar-refractivity contribution is 0.0462. The van der Waals surface area contributed by atoms with Gasteiger partial charge >= 0.3 is 5.97 Å². The third-order valence-electron chi connectivity index (χ3n) is 2.47. The lowest BCUT2D eigenvalue weighted by atomic mass is 10.1. The fraction of sp³-hybridized carbons (Fsp3) is 0.154. The molecular weight excluding hydrogens is 230 g/mol. The Morgan fingerprint density at radius 1 is 1.33 bits per heavy atom. The average molecular weight is 243 g/mol. The molecule has 5 heteroatoms. The number of nitrogen functional groups attached to an aromatic ring is 1. The average Bonchev–Trinajstić information content (AvgIpc) is 2.40. The second-order valence-corrected chi connectivity index (χ2v) is 3.81. The summed E-state index contributed by atoms with van der Waals surface area (Å²) in [5, 5.41) is 0. The number of aromatic nitrogens is 2. The third-order valence-corrected chi connectivity index (χ3v) is 2.47. The molecule has 2 rings (SSSR count). The van der Waals surface area contributed by atoms with Gasteiger partial charge in [-0.2, -0.15) is 0 Å². The highest BCUT2D eigenvalue weighted by Crippen LogP contribution is 2.14. The quantitative estimate of drug-likeness (QED) is 0.656. The van der Waals surface area contributed by atoms with Crippen molar-refractivity contribution in [1.29, 1.82) is 0 Å². The molecule has 2 N–H and O–H groups in total. The molecule has 2 aromatic rings. The van der Waals surface area contributed by atoms with Gasteiger partial charge in [-0.05, 0) is 30.7 Å². The summed E-state index contributed by atoms with van der Waals surface area (Å²) in [6, 6.07) is 6.76. The van der Waals surface area contributed by atoms with Gasteiger partial charge in [0.25, 0.3) is 0 Å². The van der Waals surface area contributed by atoms with Gasteiger partial charge < -0.3 is 10.5 Å². The van der Waals surface area contributed by atoms with E-state index in [4.69, 9.17) is 10.5 Å². The molecule has 18 heavy (non-hydrogen) atoms. The number of carbonyl (C=O) groups is 1. The molecule has 0 amide bonds. The van der Waals surface area contributed by atoms with Gasteiger partial charge in [-0.15, -0.1) is 0 Å². The predicted molar refractivity (Wildman–Crippen MR) is 66.7 cm³/mol. The van der Waals surface area contributed by atoms with Crippen molar-refractivity contribution in [3.8, 4) is 0 Å². The van der Waals surface area contributed by atoms with Gasteiger partial charge in [0.05, 0.1) is 5.56 Å². The van der Waals surface area contributed by atoms with Crippen LogP contribution >= 0.6 is 0 Å². The first-order valence-corrected chi connectivity index (χ1v) is 5.46. The van der Waals surface area contributed by atoms with Crippen molar-refractivity contribution in [3.05, 3.63) is 53.6 Å². The summed E-state index contributed by atoms with van der Waals surface area (Å²) < 4.78 is 5.09. The van der Waals surface area contributed by atoms with Crippen LogP contribution in [0.1, 0.15) is 21.7 Å². The molecule has 1 heterocycles. The zero-order chi connectivity index (χ0) is 13.0. The summed E-state index contributed by atoms with van der Waals surface area (Å²) in [6.07, 6.45) is 3.19. The summed E-state index contributed by atoms with van der Waals surface area (Å²) in [7, 11) is 0. The van der Waals surface area contributed by atoms with Crippen molar-refractivity contribution in [2.45, 2.75) is 13.5 Å². The summed E-state index contributed by atoms with van der Waals surface area (Å²) in [6.45, 7) is 1.93. The van der Waals surface area contributed by atoms with Crippen LogP contribution in [0.5, 0.6) is 0 Å². The molecule has 0 atom stereocenters. The van der Waals surface area contributed by atoms with Crippen molar-refractivity contribution < 1.29 is 9.53 Å². The van der Waals surface area contributed by atoms with E-state index in [1.165, 1.54) is 0 Å². The minimum absolute atomic E-state index is 0.0491. The molecule has 0 fully saturated rings. The summed E-state index contributed by atoms with van der Waals surface area (Å²) in [5.41, 5.74) is 7.66. The fourth-order valence-electron chi connectivity index (χ4n) is 1.39. The first-order chi connectivity index (χ1) is 8.66. The zero-order valence-corrected chi connectivity index (χ0v) is 9.96. The zero-order valence-electron chi connectivity index (χ0n) is 9.96. The summed E-state index contributed by atoms with van der Waals surface area (Å²) in [4.78, 5) is 19.7. The number of hydrogen-bond donors (Lipinski definition) is 1. The number of anilines is 1. The molecule has 0 bridgehead atoms. The molecule has 92 valence electrons. The van der Waals surface area contributed by atoms with Crippen LogP contribution in [0.15, 0.2) is 36.7 Å². The standard InChI is InChI=1S/C13H13N3O2/c1-9-3-4-10(7-11(9)14)13(17)18-8-12-15-5-2-6-16-12/h2-7H,8,14H2,1H3. The Bertz CT molecular complexity index is 555. The number of esters is 1. The highest BCUT2D eigenvalue weighted by Gasteiger charge is 2.09. The van der Waals surface area contributed by atoms with E-state index in [2.05, 4.69) is 9.97 Å². The van der Waals surface area contributed by atoms with Crippen molar-refractivity contribution in [3.63, 3.8) is 0 Å². The first-order valence-electron chi connectivity index (χ1n) is 5.46. The molecule has 1 aromatic heterocycles. The normalized spacial score (nSPS) is 10.1. The first kappa shape index (κ1) is 12.0. The highest BCUT2D eigenvalue weighted by atomic mass is 16.5. The van der Waals surface area contributed by atoms with Gasteiger partial charge in [0.1, 0.15) is 0 Å². The topological polar surface area (TPSA) is 78.1 Å². The Labute approximate surface area is 105 Å². The maximum atomic E-state index is 11.7. The Balaban J connectivity index is 2.02. The van der Waals surface area contributed by atoms with Crippen LogP contribution in [0.25, 0.3) is 0 Å². The van der Waals surface area contributed by atoms with E-state index in [0.29, 0.717) is 17.1 Å². The predicted octanol–water partition coefficient (Wildman–Crippen LogP) is 1.72. The Morgan fingerprint density at radius 2 is 2.06 bits per heavy atom. The van der Waals surface area contributed by atoms with Crippen LogP contribution in [-0.4, -0.2) is 15.9 Å². The van der Waals surface area contributed by atoms with Crippen LogP contribution in [0.4, 0.5) is 5.69 Å². The third kappa shape index (κ3) is 2.82. The van der Waals surface area contributed by atoms with Crippen molar-refractivity contribution in [2.75, 3.05) is 5.73 Å². The smallest absolute Gasteiger partial charge is 0.338 e. The maximum Gasteiger partial charge on any atom is 0.338 e. The molecule has 0 aliphatic rings. The SMILES string of the molecule is Cc1ccc(C(=O)OCc2ncccn2)cc1N. The summed E-state index contributed by atoms with van der Waals surface area (Å²) >= 11 is 0. The van der Waals surface area contributed by atoms with Crippen molar-refractivity contribution in [1.82, 2.24) is 9.97 Å². The molecule has 0 radical (unpaired) electrons. The number of rotatable bonds is 3. The van der Waals surface area contributed by atoms with Crippen LogP contribution in [0.2, 0.25) is 0 Å². The molecule has 0 saturated carbocycles. The summed E-state index contributed by atoms with van der Waals surface area (Å²) in [5.74, 6) is 0.0279. The van der Waals surface area contributed by atoms with Gasteiger partial charge in [-0.1, -0.05) is 6.07 Å². The van der Waals surface area contributed by atoms with Gasteiger partial charge in [-0.25, -0.2) is 14.8 Å². The molecule has 0 aliphatic carbocycles. The molecule has 0 spiro atoms. The van der Waals surface area contributed by atoms with Crippen LogP contribution in [0.3, 0.4) is 0 Å². The monoisotopic (exact) mass is 243 g/mol. The van der Waals surface area contributed by atoms with Crippen LogP contribution in [-0.2, 0) is 11.3 Å². The fourth-order valence-corrected chi connectivity index (χ4v) is 1.39. The minimum atomic E-state index is -0.436. The van der Waals surface area contributed by atoms with Crippen molar-refractivity contribution in [2.24, 2.45) is 0 Å². The lowest BCUT2D eigenvalue weighted by Gasteiger charge is -2.05. The lowest BCUT2D eigenvalue weighted by Crippen LogP contribution is -2.07. The number of carbonyl (C=O) groups excluding carboxylic acids is 1.